The van der Waals surface area contributed by atoms with Gasteiger partial charge in [0.25, 0.3) is 0 Å². The SMILES string of the molecule is CCOc1cc(/C=N\NC(=O)C[C@H](NS(=O)(=O)c2ccc(C)cc2)c2ccccc2)ccc1OCc1ccc(F)cc1. The molecule has 1 amide bonds. The Kier molecular flexibility index (Phi) is 10.4. The number of sulfonamides is 1. The van der Waals surface area contributed by atoms with E-state index in [1.165, 1.54) is 30.5 Å². The first-order valence-electron chi connectivity index (χ1n) is 13.3. The maximum absolute atomic E-state index is 13.2. The average molecular weight is 590 g/mol. The summed E-state index contributed by atoms with van der Waals surface area (Å²) in [5.41, 5.74) is 5.51. The van der Waals surface area contributed by atoms with Gasteiger partial charge in [-0.1, -0.05) is 60.2 Å². The topological polar surface area (TPSA) is 106 Å². The van der Waals surface area contributed by atoms with Gasteiger partial charge in [-0.25, -0.2) is 23.0 Å². The number of benzene rings is 4. The first-order chi connectivity index (χ1) is 20.2. The Hall–Kier alpha value is -4.54. The maximum Gasteiger partial charge on any atom is 0.242 e. The van der Waals surface area contributed by atoms with E-state index in [9.17, 15) is 17.6 Å². The number of carbonyl (C=O) groups is 1. The van der Waals surface area contributed by atoms with Crippen molar-refractivity contribution in [2.75, 3.05) is 6.61 Å². The Balaban J connectivity index is 1.41. The lowest BCUT2D eigenvalue weighted by Crippen LogP contribution is -2.32. The molecule has 218 valence electrons. The van der Waals surface area contributed by atoms with Gasteiger partial charge in [0.15, 0.2) is 11.5 Å². The zero-order valence-corrected chi connectivity index (χ0v) is 24.1. The van der Waals surface area contributed by atoms with E-state index in [4.69, 9.17) is 9.47 Å². The number of carbonyl (C=O) groups excluding carboxylic acids is 1. The standard InChI is InChI=1S/C32H32FN3O5S/c1-3-40-31-19-25(13-18-30(31)41-22-24-11-14-27(33)15-12-24)21-34-35-32(37)20-29(26-7-5-4-6-8-26)36-42(38,39)28-16-9-23(2)10-17-28/h4-19,21,29,36H,3,20,22H2,1-2H3,(H,35,37)/b34-21-/t29-/m0/s1. The zero-order chi connectivity index (χ0) is 30.0. The number of amides is 1. The van der Waals surface area contributed by atoms with Gasteiger partial charge in [-0.2, -0.15) is 5.10 Å². The summed E-state index contributed by atoms with van der Waals surface area (Å²) >= 11 is 0. The number of ether oxygens (including phenoxy) is 2. The van der Waals surface area contributed by atoms with E-state index in [1.54, 1.807) is 66.7 Å². The zero-order valence-electron chi connectivity index (χ0n) is 23.3. The van der Waals surface area contributed by atoms with Gasteiger partial charge in [-0.15, -0.1) is 0 Å². The summed E-state index contributed by atoms with van der Waals surface area (Å²) in [6, 6.07) is 25.8. The van der Waals surface area contributed by atoms with Crippen LogP contribution in [0.15, 0.2) is 107 Å². The van der Waals surface area contributed by atoms with Gasteiger partial charge >= 0.3 is 0 Å². The highest BCUT2D eigenvalue weighted by molar-refractivity contribution is 7.89. The molecule has 0 radical (unpaired) electrons. The molecule has 1 atom stereocenters. The van der Waals surface area contributed by atoms with Crippen LogP contribution in [-0.4, -0.2) is 27.1 Å². The Bertz CT molecular complexity index is 1610. The highest BCUT2D eigenvalue weighted by Crippen LogP contribution is 2.29. The van der Waals surface area contributed by atoms with E-state index in [0.717, 1.165) is 11.1 Å². The summed E-state index contributed by atoms with van der Waals surface area (Å²) in [5.74, 6) is 0.207. The fourth-order valence-electron chi connectivity index (χ4n) is 4.03. The highest BCUT2D eigenvalue weighted by atomic mass is 32.2. The molecular formula is C32H32FN3O5S. The summed E-state index contributed by atoms with van der Waals surface area (Å²) in [6.45, 7) is 4.36. The van der Waals surface area contributed by atoms with E-state index in [1.807, 2.05) is 19.9 Å². The number of hydrazone groups is 1. The molecule has 0 unspecified atom stereocenters. The lowest BCUT2D eigenvalue weighted by Gasteiger charge is -2.18. The molecule has 10 heteroatoms. The molecule has 0 saturated carbocycles. The first-order valence-corrected chi connectivity index (χ1v) is 14.8. The molecule has 0 aliphatic carbocycles. The predicted molar refractivity (Wildman–Crippen MR) is 159 cm³/mol. The number of halogens is 1. The number of nitrogens with one attached hydrogen (secondary N) is 2. The van der Waals surface area contributed by atoms with E-state index in [0.29, 0.717) is 29.2 Å². The number of rotatable bonds is 13. The van der Waals surface area contributed by atoms with E-state index >= 15 is 0 Å². The second-order valence-corrected chi connectivity index (χ2v) is 11.2. The molecule has 0 heterocycles. The van der Waals surface area contributed by atoms with Crippen LogP contribution < -0.4 is 19.6 Å². The quantitative estimate of drug-likeness (QED) is 0.154. The Morgan fingerprint density at radius 1 is 0.929 bits per heavy atom. The van der Waals surface area contributed by atoms with Gasteiger partial charge in [0.05, 0.1) is 23.8 Å². The van der Waals surface area contributed by atoms with Crippen LogP contribution in [0.4, 0.5) is 4.39 Å². The molecule has 8 nitrogen and oxygen atoms in total. The minimum atomic E-state index is -3.88. The van der Waals surface area contributed by atoms with Crippen molar-refractivity contribution in [1.29, 1.82) is 0 Å². The second-order valence-electron chi connectivity index (χ2n) is 9.45. The van der Waals surface area contributed by atoms with Gasteiger partial charge in [-0.3, -0.25) is 4.79 Å². The van der Waals surface area contributed by atoms with Crippen LogP contribution in [0.25, 0.3) is 0 Å². The van der Waals surface area contributed by atoms with Gasteiger partial charge in [0.1, 0.15) is 12.4 Å². The van der Waals surface area contributed by atoms with Crippen molar-refractivity contribution in [3.8, 4) is 11.5 Å². The van der Waals surface area contributed by atoms with E-state index in [-0.39, 0.29) is 23.7 Å². The molecule has 0 fully saturated rings. The molecule has 0 aliphatic heterocycles. The van der Waals surface area contributed by atoms with Crippen LogP contribution in [0.3, 0.4) is 0 Å². The number of hydrogen-bond donors (Lipinski definition) is 2. The molecule has 0 aliphatic rings. The highest BCUT2D eigenvalue weighted by Gasteiger charge is 2.23. The third-order valence-corrected chi connectivity index (χ3v) is 7.69. The van der Waals surface area contributed by atoms with Gasteiger partial charge in [0.2, 0.25) is 15.9 Å². The molecule has 4 rings (SSSR count). The molecular weight excluding hydrogens is 557 g/mol. The third kappa shape index (κ3) is 8.73. The van der Waals surface area contributed by atoms with Crippen molar-refractivity contribution < 1.29 is 27.1 Å². The Labute approximate surface area is 245 Å². The lowest BCUT2D eigenvalue weighted by molar-refractivity contribution is -0.121. The molecule has 0 aromatic heterocycles. The number of hydrogen-bond acceptors (Lipinski definition) is 6. The molecule has 4 aromatic carbocycles. The predicted octanol–water partition coefficient (Wildman–Crippen LogP) is 5.67. The third-order valence-electron chi connectivity index (χ3n) is 6.20. The van der Waals surface area contributed by atoms with Crippen molar-refractivity contribution in [3.63, 3.8) is 0 Å². The summed E-state index contributed by atoms with van der Waals surface area (Å²) < 4.78 is 53.5. The Morgan fingerprint density at radius 3 is 2.33 bits per heavy atom. The minimum absolute atomic E-state index is 0.114. The monoisotopic (exact) mass is 589 g/mol. The molecule has 42 heavy (non-hydrogen) atoms. The fraction of sp³-hybridized carbons (Fsp3) is 0.188. The van der Waals surface area contributed by atoms with Gasteiger partial charge in [-0.05, 0) is 73.0 Å². The number of aryl methyl sites for hydroxylation is 1. The summed E-state index contributed by atoms with van der Waals surface area (Å²) in [6.07, 6.45) is 1.28. The molecule has 0 bridgehead atoms. The van der Waals surface area contributed by atoms with Crippen LogP contribution in [0.2, 0.25) is 0 Å². The van der Waals surface area contributed by atoms with E-state index in [2.05, 4.69) is 15.2 Å². The first kappa shape index (κ1) is 30.4. The largest absolute Gasteiger partial charge is 0.490 e. The van der Waals surface area contributed by atoms with Gasteiger partial charge < -0.3 is 9.47 Å². The minimum Gasteiger partial charge on any atom is -0.490 e. The molecule has 0 saturated heterocycles. The van der Waals surface area contributed by atoms with Crippen LogP contribution >= 0.6 is 0 Å². The van der Waals surface area contributed by atoms with Crippen LogP contribution in [-0.2, 0) is 21.4 Å². The Morgan fingerprint density at radius 2 is 1.64 bits per heavy atom. The maximum atomic E-state index is 13.2. The average Bonchev–Trinajstić information content (AvgIpc) is 2.98. The van der Waals surface area contributed by atoms with Crippen molar-refractivity contribution in [1.82, 2.24) is 10.1 Å². The lowest BCUT2D eigenvalue weighted by atomic mass is 10.0. The van der Waals surface area contributed by atoms with E-state index < -0.39 is 22.0 Å². The number of nitrogens with zero attached hydrogens (tertiary/aromatic N) is 1. The smallest absolute Gasteiger partial charge is 0.242 e. The van der Waals surface area contributed by atoms with Crippen molar-refractivity contribution in [2.45, 2.75) is 37.8 Å². The normalized spacial score (nSPS) is 12.2. The van der Waals surface area contributed by atoms with Crippen LogP contribution in [0.1, 0.15) is 41.6 Å². The van der Waals surface area contributed by atoms with Crippen molar-refractivity contribution >= 4 is 22.1 Å². The van der Waals surface area contributed by atoms with Crippen LogP contribution in [0, 0.1) is 12.7 Å². The summed E-state index contributed by atoms with van der Waals surface area (Å²) in [7, 11) is -3.88. The van der Waals surface area contributed by atoms with Crippen molar-refractivity contribution in [2.24, 2.45) is 5.10 Å². The summed E-state index contributed by atoms with van der Waals surface area (Å²) in [5, 5.41) is 4.05. The van der Waals surface area contributed by atoms with Gasteiger partial charge in [0, 0.05) is 6.42 Å². The van der Waals surface area contributed by atoms with Crippen LogP contribution in [0.5, 0.6) is 11.5 Å². The molecule has 2 N–H and O–H groups in total. The second kappa shape index (κ2) is 14.4. The molecule has 4 aromatic rings. The van der Waals surface area contributed by atoms with Crippen molar-refractivity contribution in [3.05, 3.63) is 125 Å². The molecule has 0 spiro atoms. The fourth-order valence-corrected chi connectivity index (χ4v) is 5.25. The summed E-state index contributed by atoms with van der Waals surface area (Å²) in [4.78, 5) is 12.9.